The standard InChI is InChI=1S/C32H33BN2O7/c1-2-19-15-25-30(32(38)35(31(25)37)22-7-5-6-21(16-22)33(39)40)26-18-41-28(29(19)26)12-9-20(27-8-3-4-13-34-27)14-23-10-11-24(17-36)42-23/h3-8,10-11,13-14,16,25-26,28,30,36,39-40H,2,9,12,15,17-18H2,1H3/b20-14-/t25-,26+,28-,30-/m1/s1. The van der Waals surface area contributed by atoms with Crippen LogP contribution in [0.3, 0.4) is 0 Å². The number of rotatable bonds is 9. The van der Waals surface area contributed by atoms with Crippen molar-refractivity contribution in [2.24, 2.45) is 17.8 Å². The van der Waals surface area contributed by atoms with Crippen LogP contribution in [0.5, 0.6) is 0 Å². The molecule has 4 atom stereocenters. The van der Waals surface area contributed by atoms with Crippen molar-refractivity contribution in [2.45, 2.75) is 45.3 Å². The molecule has 1 aliphatic carbocycles. The molecule has 6 rings (SSSR count). The van der Waals surface area contributed by atoms with Crippen molar-refractivity contribution in [2.75, 3.05) is 11.5 Å². The van der Waals surface area contributed by atoms with E-state index in [-0.39, 0.29) is 35.9 Å². The summed E-state index contributed by atoms with van der Waals surface area (Å²) in [6.07, 6.45) is 6.09. The predicted octanol–water partition coefficient (Wildman–Crippen LogP) is 3.10. The zero-order valence-corrected chi connectivity index (χ0v) is 23.3. The average Bonchev–Trinajstić information content (AvgIpc) is 3.71. The molecule has 42 heavy (non-hydrogen) atoms. The van der Waals surface area contributed by atoms with Gasteiger partial charge >= 0.3 is 7.12 Å². The number of ether oxygens (including phenoxy) is 1. The Kier molecular flexibility index (Phi) is 7.96. The summed E-state index contributed by atoms with van der Waals surface area (Å²) in [7, 11) is -1.70. The Labute approximate surface area is 244 Å². The van der Waals surface area contributed by atoms with Crippen LogP contribution < -0.4 is 10.4 Å². The summed E-state index contributed by atoms with van der Waals surface area (Å²) in [6, 6.07) is 15.6. The maximum atomic E-state index is 13.8. The minimum absolute atomic E-state index is 0.173. The lowest BCUT2D eigenvalue weighted by molar-refractivity contribution is -0.122. The summed E-state index contributed by atoms with van der Waals surface area (Å²) >= 11 is 0. The molecule has 0 spiro atoms. The highest BCUT2D eigenvalue weighted by atomic mass is 16.5. The lowest BCUT2D eigenvalue weighted by atomic mass is 9.69. The van der Waals surface area contributed by atoms with Crippen molar-refractivity contribution >= 4 is 41.7 Å². The van der Waals surface area contributed by atoms with Gasteiger partial charge in [0.05, 0.1) is 35.9 Å². The molecule has 3 aliphatic rings. The van der Waals surface area contributed by atoms with E-state index >= 15 is 0 Å². The van der Waals surface area contributed by atoms with E-state index in [0.29, 0.717) is 43.1 Å². The molecular formula is C32H33BN2O7. The largest absolute Gasteiger partial charge is 0.488 e. The molecule has 2 aromatic heterocycles. The Balaban J connectivity index is 1.26. The van der Waals surface area contributed by atoms with Crippen LogP contribution in [-0.4, -0.2) is 51.8 Å². The molecular weight excluding hydrogens is 535 g/mol. The molecule has 216 valence electrons. The van der Waals surface area contributed by atoms with Crippen molar-refractivity contribution in [1.82, 2.24) is 4.98 Å². The highest BCUT2D eigenvalue weighted by molar-refractivity contribution is 6.58. The first-order valence-electron chi connectivity index (χ1n) is 14.4. The minimum Gasteiger partial charge on any atom is -0.459 e. The number of nitrogens with zero attached hydrogens (tertiary/aromatic N) is 2. The number of allylic oxidation sites excluding steroid dienone is 2. The molecule has 0 unspecified atom stereocenters. The molecule has 4 heterocycles. The number of aromatic nitrogens is 1. The van der Waals surface area contributed by atoms with E-state index in [1.807, 2.05) is 30.3 Å². The van der Waals surface area contributed by atoms with Crippen molar-refractivity contribution in [3.63, 3.8) is 0 Å². The zero-order chi connectivity index (χ0) is 29.4. The predicted molar refractivity (Wildman–Crippen MR) is 157 cm³/mol. The molecule has 0 saturated carbocycles. The van der Waals surface area contributed by atoms with Crippen LogP contribution in [0.1, 0.15) is 49.8 Å². The van der Waals surface area contributed by atoms with Gasteiger partial charge in [-0.25, -0.2) is 0 Å². The number of anilines is 1. The summed E-state index contributed by atoms with van der Waals surface area (Å²) < 4.78 is 12.1. The van der Waals surface area contributed by atoms with Gasteiger partial charge in [-0.3, -0.25) is 19.5 Å². The Hall–Kier alpha value is -3.83. The second kappa shape index (κ2) is 11.8. The first-order chi connectivity index (χ1) is 20.4. The van der Waals surface area contributed by atoms with Crippen LogP contribution in [0.4, 0.5) is 5.69 Å². The van der Waals surface area contributed by atoms with Gasteiger partial charge in [-0.05, 0) is 84.8 Å². The Morgan fingerprint density at radius 2 is 1.95 bits per heavy atom. The van der Waals surface area contributed by atoms with Crippen LogP contribution in [0.25, 0.3) is 11.6 Å². The number of carbonyl (C=O) groups is 2. The molecule has 3 aromatic rings. The number of aliphatic hydroxyl groups excluding tert-OH is 1. The maximum Gasteiger partial charge on any atom is 0.488 e. The molecule has 2 amide bonds. The van der Waals surface area contributed by atoms with E-state index in [1.54, 1.807) is 30.5 Å². The first-order valence-corrected chi connectivity index (χ1v) is 14.4. The lowest BCUT2D eigenvalue weighted by Crippen LogP contribution is -2.35. The Morgan fingerprint density at radius 1 is 1.10 bits per heavy atom. The van der Waals surface area contributed by atoms with Crippen molar-refractivity contribution in [3.8, 4) is 0 Å². The molecule has 3 N–H and O–H groups in total. The highest BCUT2D eigenvalue weighted by Crippen LogP contribution is 2.51. The monoisotopic (exact) mass is 568 g/mol. The van der Waals surface area contributed by atoms with E-state index in [2.05, 4.69) is 11.9 Å². The fraction of sp³-hybridized carbons (Fsp3) is 0.344. The number of benzene rings is 1. The number of pyridine rings is 1. The SMILES string of the molecule is CCC1=C2[C@@H](CC/C(=C/c3ccc(CO)o3)c3ccccn3)OC[C@@H]2[C@@H]2C(=O)N(c3cccc(B(O)O)c3)C(=O)[C@@H]2C1. The van der Waals surface area contributed by atoms with E-state index in [0.717, 1.165) is 23.3 Å². The van der Waals surface area contributed by atoms with Crippen LogP contribution in [-0.2, 0) is 20.9 Å². The van der Waals surface area contributed by atoms with E-state index in [9.17, 15) is 24.7 Å². The average molecular weight is 568 g/mol. The second-order valence-corrected chi connectivity index (χ2v) is 11.0. The van der Waals surface area contributed by atoms with Gasteiger partial charge in [0, 0.05) is 12.1 Å². The van der Waals surface area contributed by atoms with Crippen LogP contribution in [0.15, 0.2) is 76.4 Å². The zero-order valence-electron chi connectivity index (χ0n) is 23.3. The van der Waals surface area contributed by atoms with Gasteiger partial charge in [0.1, 0.15) is 18.1 Å². The number of furan rings is 1. The lowest BCUT2D eigenvalue weighted by Gasteiger charge is -2.31. The van der Waals surface area contributed by atoms with Gasteiger partial charge in [-0.2, -0.15) is 0 Å². The number of imide groups is 1. The first kappa shape index (κ1) is 28.3. The third-order valence-corrected chi connectivity index (χ3v) is 8.69. The Bertz CT molecular complexity index is 1550. The van der Waals surface area contributed by atoms with Crippen LogP contribution >= 0.6 is 0 Å². The van der Waals surface area contributed by atoms with E-state index in [4.69, 9.17) is 9.15 Å². The molecule has 2 aliphatic heterocycles. The van der Waals surface area contributed by atoms with Gasteiger partial charge in [0.2, 0.25) is 11.8 Å². The number of carbonyl (C=O) groups excluding carboxylic acids is 2. The number of amides is 2. The number of hydrogen-bond donors (Lipinski definition) is 3. The summed E-state index contributed by atoms with van der Waals surface area (Å²) in [5, 5.41) is 28.7. The molecule has 0 bridgehead atoms. The van der Waals surface area contributed by atoms with Crippen LogP contribution in [0.2, 0.25) is 0 Å². The van der Waals surface area contributed by atoms with Crippen molar-refractivity contribution in [3.05, 3.63) is 89.2 Å². The van der Waals surface area contributed by atoms with E-state index in [1.165, 1.54) is 16.5 Å². The number of hydrogen-bond acceptors (Lipinski definition) is 8. The fourth-order valence-corrected chi connectivity index (χ4v) is 6.73. The summed E-state index contributed by atoms with van der Waals surface area (Å²) in [4.78, 5) is 33.2. The number of aliphatic hydroxyl groups is 1. The summed E-state index contributed by atoms with van der Waals surface area (Å²) in [5.74, 6) is -0.548. The fourth-order valence-electron chi connectivity index (χ4n) is 6.73. The topological polar surface area (TPSA) is 133 Å². The van der Waals surface area contributed by atoms with Gasteiger partial charge < -0.3 is 24.3 Å². The molecule has 9 nitrogen and oxygen atoms in total. The number of fused-ring (bicyclic) bond motifs is 3. The second-order valence-electron chi connectivity index (χ2n) is 11.0. The smallest absolute Gasteiger partial charge is 0.459 e. The van der Waals surface area contributed by atoms with E-state index < -0.39 is 19.0 Å². The van der Waals surface area contributed by atoms with Gasteiger partial charge in [0.25, 0.3) is 0 Å². The van der Waals surface area contributed by atoms with Crippen molar-refractivity contribution in [1.29, 1.82) is 0 Å². The molecule has 2 fully saturated rings. The minimum atomic E-state index is -1.70. The normalized spacial score (nSPS) is 23.9. The maximum absolute atomic E-state index is 13.8. The molecule has 0 radical (unpaired) electrons. The summed E-state index contributed by atoms with van der Waals surface area (Å²) in [5.41, 5.74) is 4.69. The quantitative estimate of drug-likeness (QED) is 0.204. The third kappa shape index (κ3) is 5.16. The van der Waals surface area contributed by atoms with Gasteiger partial charge in [0.15, 0.2) is 0 Å². The molecule has 2 saturated heterocycles. The molecule has 1 aromatic carbocycles. The van der Waals surface area contributed by atoms with Gasteiger partial charge in [-0.1, -0.05) is 30.7 Å². The highest BCUT2D eigenvalue weighted by Gasteiger charge is 2.57. The Morgan fingerprint density at radius 3 is 2.67 bits per heavy atom. The van der Waals surface area contributed by atoms with Crippen LogP contribution in [0, 0.1) is 17.8 Å². The van der Waals surface area contributed by atoms with Gasteiger partial charge in [-0.15, -0.1) is 0 Å². The summed E-state index contributed by atoms with van der Waals surface area (Å²) in [6.45, 7) is 2.27. The third-order valence-electron chi connectivity index (χ3n) is 8.69. The molecule has 10 heteroatoms. The van der Waals surface area contributed by atoms with Crippen molar-refractivity contribution < 1.29 is 33.9 Å².